The number of anilines is 1. The van der Waals surface area contributed by atoms with Gasteiger partial charge >= 0.3 is 0 Å². The Kier molecular flexibility index (Phi) is 8.05. The predicted molar refractivity (Wildman–Crippen MR) is 124 cm³/mol. The van der Waals surface area contributed by atoms with E-state index >= 15 is 0 Å². The lowest BCUT2D eigenvalue weighted by Crippen LogP contribution is -2.35. The molecule has 5 heteroatoms. The van der Waals surface area contributed by atoms with Crippen molar-refractivity contribution < 1.29 is 4.79 Å². The highest BCUT2D eigenvalue weighted by atomic mass is 32.1. The second-order valence-corrected chi connectivity index (χ2v) is 8.14. The third-order valence-electron chi connectivity index (χ3n) is 5.53. The summed E-state index contributed by atoms with van der Waals surface area (Å²) in [5, 5.41) is 7.18. The minimum absolute atomic E-state index is 0.128. The Labute approximate surface area is 179 Å². The van der Waals surface area contributed by atoms with Crippen molar-refractivity contribution in [1.29, 1.82) is 0 Å². The van der Waals surface area contributed by atoms with Gasteiger partial charge in [-0.2, -0.15) is 0 Å². The average molecular weight is 410 g/mol. The van der Waals surface area contributed by atoms with Gasteiger partial charge in [-0.15, -0.1) is 0 Å². The number of amides is 1. The van der Waals surface area contributed by atoms with Crippen LogP contribution in [0.15, 0.2) is 54.6 Å². The van der Waals surface area contributed by atoms with Gasteiger partial charge in [0.1, 0.15) is 0 Å². The summed E-state index contributed by atoms with van der Waals surface area (Å²) >= 11 is 5.46. The molecule has 0 unspecified atom stereocenters. The van der Waals surface area contributed by atoms with Crippen molar-refractivity contribution in [2.24, 2.45) is 5.92 Å². The molecule has 4 nitrogen and oxygen atoms in total. The fourth-order valence-corrected chi connectivity index (χ4v) is 3.90. The van der Waals surface area contributed by atoms with Gasteiger partial charge in [0, 0.05) is 30.9 Å². The fourth-order valence-electron chi connectivity index (χ4n) is 3.70. The number of nitrogens with one attached hydrogen (secondary N) is 2. The molecule has 0 saturated carbocycles. The number of thiocarbonyl (C=S) groups is 1. The number of carbonyl (C=O) groups excluding carboxylic acids is 1. The Morgan fingerprint density at radius 1 is 1.03 bits per heavy atom. The fraction of sp³-hybridized carbons (Fsp3) is 0.417. The highest BCUT2D eigenvalue weighted by Crippen LogP contribution is 2.16. The van der Waals surface area contributed by atoms with E-state index in [1.54, 1.807) is 0 Å². The molecule has 1 atom stereocenters. The van der Waals surface area contributed by atoms with Crippen molar-refractivity contribution in [2.75, 3.05) is 25.0 Å². The van der Waals surface area contributed by atoms with Crippen LogP contribution in [0.25, 0.3) is 0 Å². The number of nitrogens with zero attached hydrogens (tertiary/aromatic N) is 1. The van der Waals surface area contributed by atoms with Gasteiger partial charge in [0.05, 0.1) is 0 Å². The molecule has 0 aromatic heterocycles. The Bertz CT molecular complexity index is 786. The molecule has 1 heterocycles. The molecule has 2 aromatic rings. The van der Waals surface area contributed by atoms with Crippen LogP contribution in [-0.4, -0.2) is 35.6 Å². The minimum Gasteiger partial charge on any atom is -0.362 e. The van der Waals surface area contributed by atoms with E-state index in [2.05, 4.69) is 41.8 Å². The van der Waals surface area contributed by atoms with Gasteiger partial charge < -0.3 is 15.5 Å². The molecule has 0 aliphatic carbocycles. The summed E-state index contributed by atoms with van der Waals surface area (Å²) in [5.74, 6) is 0.658. The maximum absolute atomic E-state index is 12.6. The number of likely N-dealkylation sites (tertiary alicyclic amines) is 1. The van der Waals surface area contributed by atoms with Gasteiger partial charge in [0.15, 0.2) is 5.11 Å². The van der Waals surface area contributed by atoms with E-state index in [0.29, 0.717) is 11.0 Å². The molecule has 1 aliphatic heterocycles. The topological polar surface area (TPSA) is 44.4 Å². The summed E-state index contributed by atoms with van der Waals surface area (Å²) in [7, 11) is 0. The second kappa shape index (κ2) is 11.0. The summed E-state index contributed by atoms with van der Waals surface area (Å²) < 4.78 is 0. The largest absolute Gasteiger partial charge is 0.362 e. The zero-order valence-electron chi connectivity index (χ0n) is 17.2. The first-order valence-corrected chi connectivity index (χ1v) is 11.0. The van der Waals surface area contributed by atoms with Crippen LogP contribution in [0.2, 0.25) is 0 Å². The van der Waals surface area contributed by atoms with E-state index in [9.17, 15) is 4.79 Å². The van der Waals surface area contributed by atoms with E-state index < -0.39 is 0 Å². The predicted octanol–water partition coefficient (Wildman–Crippen LogP) is 4.87. The quantitative estimate of drug-likeness (QED) is 0.641. The average Bonchev–Trinajstić information content (AvgIpc) is 2.78. The third-order valence-corrected chi connectivity index (χ3v) is 5.78. The molecular formula is C24H31N3OS. The van der Waals surface area contributed by atoms with Crippen molar-refractivity contribution >= 4 is 28.9 Å². The molecule has 0 spiro atoms. The van der Waals surface area contributed by atoms with Crippen LogP contribution in [0.5, 0.6) is 0 Å². The summed E-state index contributed by atoms with van der Waals surface area (Å²) in [6.45, 7) is 4.79. The molecule has 2 N–H and O–H groups in total. The molecule has 1 aliphatic rings. The number of piperidine rings is 1. The van der Waals surface area contributed by atoms with Gasteiger partial charge in [0.2, 0.25) is 0 Å². The second-order valence-electron chi connectivity index (χ2n) is 7.73. The molecule has 3 rings (SSSR count). The smallest absolute Gasteiger partial charge is 0.253 e. The molecule has 0 bridgehead atoms. The van der Waals surface area contributed by atoms with Crippen molar-refractivity contribution in [2.45, 2.75) is 39.0 Å². The molecule has 1 saturated heterocycles. The highest BCUT2D eigenvalue weighted by Gasteiger charge is 2.18. The van der Waals surface area contributed by atoms with Crippen LogP contribution in [0.3, 0.4) is 0 Å². The molecule has 2 aromatic carbocycles. The van der Waals surface area contributed by atoms with E-state index in [0.717, 1.165) is 56.6 Å². The van der Waals surface area contributed by atoms with Crippen molar-refractivity contribution in [3.63, 3.8) is 0 Å². The molecular weight excluding hydrogens is 378 g/mol. The Morgan fingerprint density at radius 2 is 1.72 bits per heavy atom. The van der Waals surface area contributed by atoms with E-state index in [1.807, 2.05) is 35.2 Å². The van der Waals surface area contributed by atoms with Gasteiger partial charge in [-0.05, 0) is 73.6 Å². The first-order valence-electron chi connectivity index (χ1n) is 10.6. The zero-order valence-corrected chi connectivity index (χ0v) is 18.0. The Morgan fingerprint density at radius 3 is 2.38 bits per heavy atom. The normalized spacial score (nSPS) is 14.9. The standard InChI is InChI=1S/C24H31N3OS/c1-2-19(17-20-9-5-3-6-10-20)18-25-24(29)26-22-13-11-21(12-14-22)23(28)27-15-7-4-8-16-27/h3,5-6,9-14,19H,2,4,7-8,15-18H2,1H3,(H2,25,26,29)/t19-/m1/s1. The first kappa shape index (κ1) is 21.3. The van der Waals surface area contributed by atoms with Crippen LogP contribution in [-0.2, 0) is 6.42 Å². The van der Waals surface area contributed by atoms with Crippen LogP contribution in [0.1, 0.15) is 48.5 Å². The monoisotopic (exact) mass is 409 g/mol. The molecule has 154 valence electrons. The molecule has 1 fully saturated rings. The van der Waals surface area contributed by atoms with Crippen LogP contribution >= 0.6 is 12.2 Å². The zero-order chi connectivity index (χ0) is 20.5. The van der Waals surface area contributed by atoms with Crippen molar-refractivity contribution in [3.05, 3.63) is 65.7 Å². The lowest BCUT2D eigenvalue weighted by molar-refractivity contribution is 0.0724. The van der Waals surface area contributed by atoms with Crippen LogP contribution in [0, 0.1) is 5.92 Å². The van der Waals surface area contributed by atoms with Crippen LogP contribution in [0.4, 0.5) is 5.69 Å². The van der Waals surface area contributed by atoms with Crippen molar-refractivity contribution in [3.8, 4) is 0 Å². The highest BCUT2D eigenvalue weighted by molar-refractivity contribution is 7.80. The maximum Gasteiger partial charge on any atom is 0.253 e. The Hall–Kier alpha value is -2.40. The summed E-state index contributed by atoms with van der Waals surface area (Å²) in [6, 6.07) is 18.2. The summed E-state index contributed by atoms with van der Waals surface area (Å²) in [5.41, 5.74) is 2.99. The lowest BCUT2D eigenvalue weighted by Gasteiger charge is -2.26. The Balaban J connectivity index is 1.46. The number of benzene rings is 2. The SMILES string of the molecule is CC[C@@H](CNC(=S)Nc1ccc(C(=O)N2CCCCC2)cc1)Cc1ccccc1. The number of hydrogen-bond acceptors (Lipinski definition) is 2. The number of carbonyl (C=O) groups is 1. The first-order chi connectivity index (χ1) is 14.2. The van der Waals surface area contributed by atoms with E-state index in [1.165, 1.54) is 12.0 Å². The summed E-state index contributed by atoms with van der Waals surface area (Å²) in [4.78, 5) is 14.5. The third kappa shape index (κ3) is 6.57. The van der Waals surface area contributed by atoms with Crippen LogP contribution < -0.4 is 10.6 Å². The van der Waals surface area contributed by atoms with Crippen molar-refractivity contribution in [1.82, 2.24) is 10.2 Å². The van der Waals surface area contributed by atoms with E-state index in [-0.39, 0.29) is 5.91 Å². The minimum atomic E-state index is 0.128. The maximum atomic E-state index is 12.6. The number of rotatable bonds is 7. The molecule has 29 heavy (non-hydrogen) atoms. The lowest BCUT2D eigenvalue weighted by atomic mass is 9.97. The van der Waals surface area contributed by atoms with E-state index in [4.69, 9.17) is 12.2 Å². The van der Waals surface area contributed by atoms with Gasteiger partial charge in [-0.3, -0.25) is 4.79 Å². The summed E-state index contributed by atoms with van der Waals surface area (Å²) in [6.07, 6.45) is 5.57. The van der Waals surface area contributed by atoms with Gasteiger partial charge in [0.25, 0.3) is 5.91 Å². The molecule has 0 radical (unpaired) electrons. The van der Waals surface area contributed by atoms with Gasteiger partial charge in [-0.25, -0.2) is 0 Å². The molecule has 1 amide bonds. The van der Waals surface area contributed by atoms with Gasteiger partial charge in [-0.1, -0.05) is 43.7 Å². The number of hydrogen-bond donors (Lipinski definition) is 2.